The fourth-order valence-electron chi connectivity index (χ4n) is 2.55. The highest BCUT2D eigenvalue weighted by Crippen LogP contribution is 2.28. The molecule has 0 bridgehead atoms. The first-order chi connectivity index (χ1) is 11.0. The Balaban J connectivity index is 1.77. The van der Waals surface area contributed by atoms with Crippen LogP contribution in [0.1, 0.15) is 11.5 Å². The van der Waals surface area contributed by atoms with Crippen LogP contribution in [0.3, 0.4) is 0 Å². The molecular weight excluding hydrogens is 318 g/mol. The maximum Gasteiger partial charge on any atom is 0.247 e. The number of halogens is 1. The lowest BCUT2D eigenvalue weighted by Crippen LogP contribution is -2.48. The smallest absolute Gasteiger partial charge is 0.247 e. The first-order valence-electron chi connectivity index (χ1n) is 7.39. The van der Waals surface area contributed by atoms with Crippen LogP contribution in [0.5, 0.6) is 0 Å². The van der Waals surface area contributed by atoms with E-state index >= 15 is 0 Å². The van der Waals surface area contributed by atoms with Crippen LogP contribution >= 0.6 is 11.6 Å². The predicted molar refractivity (Wildman–Crippen MR) is 85.9 cm³/mol. The van der Waals surface area contributed by atoms with E-state index in [1.807, 2.05) is 25.1 Å². The summed E-state index contributed by atoms with van der Waals surface area (Å²) in [6.07, 6.45) is -0.570. The number of amides is 1. The molecular formula is C16H18ClN3O3. The highest BCUT2D eigenvalue weighted by Gasteiger charge is 2.26. The van der Waals surface area contributed by atoms with E-state index in [1.54, 1.807) is 6.07 Å². The monoisotopic (exact) mass is 335 g/mol. The van der Waals surface area contributed by atoms with Crippen LogP contribution in [0.2, 0.25) is 5.02 Å². The van der Waals surface area contributed by atoms with Crippen LogP contribution in [0.4, 0.5) is 0 Å². The maximum atomic E-state index is 11.3. The summed E-state index contributed by atoms with van der Waals surface area (Å²) in [5, 5.41) is 0.598. The molecule has 6 nitrogen and oxygen atoms in total. The van der Waals surface area contributed by atoms with E-state index in [0.717, 1.165) is 23.6 Å². The molecule has 1 amide bonds. The summed E-state index contributed by atoms with van der Waals surface area (Å²) in [6, 6.07) is 7.42. The minimum absolute atomic E-state index is 0.441. The first kappa shape index (κ1) is 16.0. The van der Waals surface area contributed by atoms with Gasteiger partial charge in [0.1, 0.15) is 11.9 Å². The van der Waals surface area contributed by atoms with Gasteiger partial charge in [-0.1, -0.05) is 23.7 Å². The number of rotatable bonds is 4. The van der Waals surface area contributed by atoms with Gasteiger partial charge in [0.25, 0.3) is 0 Å². The third-order valence-electron chi connectivity index (χ3n) is 3.84. The number of oxazole rings is 1. The van der Waals surface area contributed by atoms with E-state index in [9.17, 15) is 4.79 Å². The number of hydrogen-bond acceptors (Lipinski definition) is 5. The lowest BCUT2D eigenvalue weighted by molar-refractivity contribution is -0.135. The molecule has 1 saturated heterocycles. The molecule has 0 aliphatic carbocycles. The third-order valence-corrected chi connectivity index (χ3v) is 4.17. The van der Waals surface area contributed by atoms with Crippen LogP contribution in [0, 0.1) is 6.92 Å². The van der Waals surface area contributed by atoms with Crippen molar-refractivity contribution in [3.8, 4) is 11.5 Å². The summed E-state index contributed by atoms with van der Waals surface area (Å²) in [5.41, 5.74) is 6.90. The predicted octanol–water partition coefficient (Wildman–Crippen LogP) is 1.99. The zero-order valence-electron chi connectivity index (χ0n) is 12.8. The summed E-state index contributed by atoms with van der Waals surface area (Å²) >= 11 is 6.19. The van der Waals surface area contributed by atoms with Crippen LogP contribution in [0.15, 0.2) is 28.7 Å². The van der Waals surface area contributed by atoms with Crippen molar-refractivity contribution in [2.45, 2.75) is 19.6 Å². The number of ether oxygens (including phenoxy) is 1. The van der Waals surface area contributed by atoms with Crippen molar-refractivity contribution in [3.05, 3.63) is 40.7 Å². The van der Waals surface area contributed by atoms with Crippen molar-refractivity contribution < 1.29 is 13.9 Å². The molecule has 2 heterocycles. The zero-order chi connectivity index (χ0) is 16.4. The molecule has 1 unspecified atom stereocenters. The van der Waals surface area contributed by atoms with Crippen LogP contribution in [-0.2, 0) is 16.1 Å². The number of nitrogens with zero attached hydrogens (tertiary/aromatic N) is 2. The quantitative estimate of drug-likeness (QED) is 0.924. The van der Waals surface area contributed by atoms with Crippen LogP contribution in [0.25, 0.3) is 11.5 Å². The fraction of sp³-hybridized carbons (Fsp3) is 0.375. The van der Waals surface area contributed by atoms with E-state index in [2.05, 4.69) is 9.88 Å². The molecule has 1 fully saturated rings. The van der Waals surface area contributed by atoms with Gasteiger partial charge in [-0.05, 0) is 19.1 Å². The van der Waals surface area contributed by atoms with Gasteiger partial charge in [0.15, 0.2) is 0 Å². The Kier molecular flexibility index (Phi) is 4.66. The van der Waals surface area contributed by atoms with Crippen molar-refractivity contribution in [1.29, 1.82) is 0 Å². The number of benzene rings is 1. The number of morpholine rings is 1. The molecule has 1 aromatic heterocycles. The molecule has 122 valence electrons. The number of aryl methyl sites for hydroxylation is 1. The van der Waals surface area contributed by atoms with Crippen LogP contribution < -0.4 is 5.73 Å². The van der Waals surface area contributed by atoms with E-state index in [-0.39, 0.29) is 0 Å². The fourth-order valence-corrected chi connectivity index (χ4v) is 2.77. The Morgan fingerprint density at radius 2 is 2.26 bits per heavy atom. The zero-order valence-corrected chi connectivity index (χ0v) is 13.5. The molecule has 1 atom stereocenters. The Morgan fingerprint density at radius 1 is 1.48 bits per heavy atom. The topological polar surface area (TPSA) is 81.6 Å². The largest absolute Gasteiger partial charge is 0.441 e. The van der Waals surface area contributed by atoms with Gasteiger partial charge in [-0.2, -0.15) is 0 Å². The average molecular weight is 336 g/mol. The Labute approximate surface area is 139 Å². The summed E-state index contributed by atoms with van der Waals surface area (Å²) in [5.74, 6) is 0.799. The van der Waals surface area contributed by atoms with E-state index in [1.165, 1.54) is 0 Å². The number of nitrogens with two attached hydrogens (primary N) is 1. The Bertz CT molecular complexity index is 716. The third kappa shape index (κ3) is 3.55. The van der Waals surface area contributed by atoms with Gasteiger partial charge in [0.05, 0.1) is 22.9 Å². The van der Waals surface area contributed by atoms with Gasteiger partial charge >= 0.3 is 0 Å². The molecule has 0 saturated carbocycles. The van der Waals surface area contributed by atoms with Crippen molar-refractivity contribution in [2.24, 2.45) is 5.73 Å². The van der Waals surface area contributed by atoms with Gasteiger partial charge in [0.2, 0.25) is 11.8 Å². The van der Waals surface area contributed by atoms with E-state index < -0.39 is 12.0 Å². The normalized spacial score (nSPS) is 19.0. The minimum atomic E-state index is -0.570. The van der Waals surface area contributed by atoms with Gasteiger partial charge in [-0.15, -0.1) is 0 Å². The van der Waals surface area contributed by atoms with E-state index in [4.69, 9.17) is 26.5 Å². The summed E-state index contributed by atoms with van der Waals surface area (Å²) in [7, 11) is 0. The van der Waals surface area contributed by atoms with E-state index in [0.29, 0.717) is 30.6 Å². The molecule has 3 rings (SSSR count). The maximum absolute atomic E-state index is 11.3. The second-order valence-corrected chi connectivity index (χ2v) is 5.91. The second-order valence-electron chi connectivity index (χ2n) is 5.50. The number of carbonyl (C=O) groups is 1. The van der Waals surface area contributed by atoms with Gasteiger partial charge < -0.3 is 14.9 Å². The van der Waals surface area contributed by atoms with Crippen molar-refractivity contribution in [1.82, 2.24) is 9.88 Å². The second kappa shape index (κ2) is 6.70. The summed E-state index contributed by atoms with van der Waals surface area (Å²) < 4.78 is 11.1. The molecule has 7 heteroatoms. The Morgan fingerprint density at radius 3 is 3.00 bits per heavy atom. The molecule has 1 aromatic carbocycles. The first-order valence-corrected chi connectivity index (χ1v) is 7.77. The number of aromatic nitrogens is 1. The number of carbonyl (C=O) groups excluding carboxylic acids is 1. The lowest BCUT2D eigenvalue weighted by Gasteiger charge is -2.30. The highest BCUT2D eigenvalue weighted by atomic mass is 35.5. The van der Waals surface area contributed by atoms with Crippen molar-refractivity contribution >= 4 is 17.5 Å². The van der Waals surface area contributed by atoms with Gasteiger partial charge in [-0.3, -0.25) is 9.69 Å². The number of hydrogen-bond donors (Lipinski definition) is 1. The van der Waals surface area contributed by atoms with Gasteiger partial charge in [-0.25, -0.2) is 4.98 Å². The highest BCUT2D eigenvalue weighted by molar-refractivity contribution is 6.33. The standard InChI is InChI=1S/C16H18ClN3O3/c1-10-13(8-20-6-7-22-14(9-20)15(18)21)19-16(23-10)11-4-2-3-5-12(11)17/h2-5,14H,6-9H2,1H3,(H2,18,21). The van der Waals surface area contributed by atoms with Crippen molar-refractivity contribution in [2.75, 3.05) is 19.7 Å². The number of primary amides is 1. The SMILES string of the molecule is Cc1oc(-c2ccccc2Cl)nc1CN1CCOC(C(N)=O)C1. The Hall–Kier alpha value is -1.89. The van der Waals surface area contributed by atoms with Gasteiger partial charge in [0, 0.05) is 19.6 Å². The average Bonchev–Trinajstić information content (AvgIpc) is 2.89. The molecule has 23 heavy (non-hydrogen) atoms. The lowest BCUT2D eigenvalue weighted by atomic mass is 10.2. The van der Waals surface area contributed by atoms with Crippen LogP contribution in [-0.4, -0.2) is 41.6 Å². The van der Waals surface area contributed by atoms with Crippen molar-refractivity contribution in [3.63, 3.8) is 0 Å². The molecule has 1 aliphatic rings. The molecule has 0 radical (unpaired) electrons. The molecule has 2 N–H and O–H groups in total. The molecule has 1 aliphatic heterocycles. The summed E-state index contributed by atoms with van der Waals surface area (Å²) in [6.45, 7) is 4.10. The molecule has 2 aromatic rings. The molecule has 0 spiro atoms. The summed E-state index contributed by atoms with van der Waals surface area (Å²) in [4.78, 5) is 17.9. The minimum Gasteiger partial charge on any atom is -0.441 e.